The van der Waals surface area contributed by atoms with E-state index in [2.05, 4.69) is 31.3 Å². The number of amides is 2. The van der Waals surface area contributed by atoms with Gasteiger partial charge in [-0.3, -0.25) is 19.2 Å². The third-order valence-electron chi connectivity index (χ3n) is 6.39. The molecule has 2 aromatic heterocycles. The minimum absolute atomic E-state index is 0.0532. The topological polar surface area (TPSA) is 160 Å². The normalized spacial score (nSPS) is 12.4. The minimum atomic E-state index is -0.484. The van der Waals surface area contributed by atoms with E-state index in [1.54, 1.807) is 58.3 Å². The Morgan fingerprint density at radius 3 is 1.33 bits per heavy atom. The summed E-state index contributed by atoms with van der Waals surface area (Å²) >= 11 is 0. The first-order valence-electron chi connectivity index (χ1n) is 13.1. The third kappa shape index (κ3) is 6.14. The fourth-order valence-electron chi connectivity index (χ4n) is 4.54. The van der Waals surface area contributed by atoms with Gasteiger partial charge in [0.1, 0.15) is 11.4 Å². The standard InChI is InChI=1S/C28H30N10O4/c1-35(2)15-21(39)29-19-9-5-17(6-10-19)13-37-25-23(31-33-37)28(42)26-24(27(25)41)32-34-38(26)14-18-7-11-20(12-8-18)30-22(40)16-36(3)4/h5-12H,13-16H2,1-4H3,(H,29,39)(H,30,40). The number of benzene rings is 2. The summed E-state index contributed by atoms with van der Waals surface area (Å²) in [5, 5.41) is 21.8. The maximum Gasteiger partial charge on any atom is 0.238 e. The summed E-state index contributed by atoms with van der Waals surface area (Å²) in [7, 11) is 7.25. The molecule has 0 fully saturated rings. The monoisotopic (exact) mass is 570 g/mol. The van der Waals surface area contributed by atoms with Crippen molar-refractivity contribution in [2.24, 2.45) is 0 Å². The molecule has 1 aliphatic carbocycles. The Hall–Kier alpha value is -5.08. The number of carbonyl (C=O) groups is 4. The van der Waals surface area contributed by atoms with Gasteiger partial charge in [-0.15, -0.1) is 10.2 Å². The average Bonchev–Trinajstić information content (AvgIpc) is 3.54. The zero-order valence-corrected chi connectivity index (χ0v) is 23.7. The SMILES string of the molecule is CN(C)CC(=O)Nc1ccc(Cn2nnc3c2C(=O)c2nnn(Cc4ccc(NC(=O)CN(C)C)cc4)c2C3=O)cc1. The highest BCUT2D eigenvalue weighted by Gasteiger charge is 2.39. The van der Waals surface area contributed by atoms with Gasteiger partial charge in [0, 0.05) is 11.4 Å². The number of hydrogen-bond donors (Lipinski definition) is 2. The van der Waals surface area contributed by atoms with Crippen molar-refractivity contribution in [3.63, 3.8) is 0 Å². The van der Waals surface area contributed by atoms with Crippen LogP contribution in [0.25, 0.3) is 0 Å². The Bertz CT molecular complexity index is 1530. The molecule has 2 aromatic carbocycles. The van der Waals surface area contributed by atoms with Crippen molar-refractivity contribution in [3.05, 3.63) is 82.4 Å². The Morgan fingerprint density at radius 1 is 0.643 bits per heavy atom. The summed E-state index contributed by atoms with van der Waals surface area (Å²) < 4.78 is 2.75. The van der Waals surface area contributed by atoms with E-state index in [4.69, 9.17) is 0 Å². The first-order valence-corrected chi connectivity index (χ1v) is 13.1. The molecule has 0 saturated carbocycles. The van der Waals surface area contributed by atoms with Gasteiger partial charge in [0.05, 0.1) is 26.2 Å². The molecule has 0 radical (unpaired) electrons. The molecule has 0 spiro atoms. The fraction of sp³-hybridized carbons (Fsp3) is 0.286. The number of nitrogens with zero attached hydrogens (tertiary/aromatic N) is 8. The van der Waals surface area contributed by atoms with Crippen molar-refractivity contribution in [1.82, 2.24) is 39.8 Å². The maximum absolute atomic E-state index is 13.4. The smallest absolute Gasteiger partial charge is 0.238 e. The van der Waals surface area contributed by atoms with Crippen LogP contribution in [-0.4, -0.2) is 104 Å². The van der Waals surface area contributed by atoms with Crippen molar-refractivity contribution in [2.75, 3.05) is 51.9 Å². The molecule has 5 rings (SSSR count). The highest BCUT2D eigenvalue weighted by atomic mass is 16.2. The lowest BCUT2D eigenvalue weighted by Crippen LogP contribution is -2.27. The van der Waals surface area contributed by atoms with E-state index in [0.29, 0.717) is 11.4 Å². The molecule has 0 saturated heterocycles. The number of likely N-dealkylation sites (N-methyl/N-ethyl adjacent to an activating group) is 2. The predicted molar refractivity (Wildman–Crippen MR) is 152 cm³/mol. The summed E-state index contributed by atoms with van der Waals surface area (Å²) in [5.74, 6) is -1.23. The Balaban J connectivity index is 1.29. The molecule has 216 valence electrons. The van der Waals surface area contributed by atoms with E-state index in [1.807, 2.05) is 28.2 Å². The number of nitrogens with one attached hydrogen (secondary N) is 2. The average molecular weight is 571 g/mol. The van der Waals surface area contributed by atoms with E-state index < -0.39 is 11.6 Å². The van der Waals surface area contributed by atoms with Crippen LogP contribution in [0.3, 0.4) is 0 Å². The van der Waals surface area contributed by atoms with Crippen LogP contribution in [-0.2, 0) is 22.7 Å². The van der Waals surface area contributed by atoms with Gasteiger partial charge in [0.25, 0.3) is 0 Å². The van der Waals surface area contributed by atoms with Crippen LogP contribution in [0.1, 0.15) is 43.5 Å². The quantitative estimate of drug-likeness (QED) is 0.245. The molecule has 0 aliphatic heterocycles. The number of fused-ring (bicyclic) bond motifs is 2. The largest absolute Gasteiger partial charge is 0.325 e. The lowest BCUT2D eigenvalue weighted by molar-refractivity contribution is -0.117. The first-order chi connectivity index (χ1) is 20.1. The van der Waals surface area contributed by atoms with Crippen LogP contribution in [0.5, 0.6) is 0 Å². The molecule has 14 nitrogen and oxygen atoms in total. The number of carbonyl (C=O) groups excluding carboxylic acids is 4. The van der Waals surface area contributed by atoms with Gasteiger partial charge >= 0.3 is 0 Å². The molecule has 2 N–H and O–H groups in total. The second-order valence-corrected chi connectivity index (χ2v) is 10.5. The van der Waals surface area contributed by atoms with Crippen LogP contribution in [0.2, 0.25) is 0 Å². The minimum Gasteiger partial charge on any atom is -0.325 e. The lowest BCUT2D eigenvalue weighted by Gasteiger charge is -2.13. The molecule has 2 heterocycles. The summed E-state index contributed by atoms with van der Waals surface area (Å²) in [6, 6.07) is 14.2. The maximum atomic E-state index is 13.4. The summed E-state index contributed by atoms with van der Waals surface area (Å²) in [6.07, 6.45) is 0. The van der Waals surface area contributed by atoms with E-state index in [9.17, 15) is 19.2 Å². The summed E-state index contributed by atoms with van der Waals surface area (Å²) in [6.45, 7) is 0.903. The highest BCUT2D eigenvalue weighted by Crippen LogP contribution is 2.26. The number of rotatable bonds is 10. The molecule has 4 aromatic rings. The molecule has 14 heteroatoms. The second kappa shape index (κ2) is 11.8. The fourth-order valence-corrected chi connectivity index (χ4v) is 4.54. The molecule has 2 amide bonds. The van der Waals surface area contributed by atoms with Crippen LogP contribution < -0.4 is 10.6 Å². The van der Waals surface area contributed by atoms with Crippen LogP contribution in [0, 0.1) is 0 Å². The van der Waals surface area contributed by atoms with Crippen molar-refractivity contribution in [2.45, 2.75) is 13.1 Å². The van der Waals surface area contributed by atoms with Crippen LogP contribution >= 0.6 is 0 Å². The van der Waals surface area contributed by atoms with E-state index in [-0.39, 0.29) is 60.8 Å². The van der Waals surface area contributed by atoms with Gasteiger partial charge in [0.2, 0.25) is 23.4 Å². The number of aromatic nitrogens is 6. The molecular weight excluding hydrogens is 540 g/mol. The zero-order valence-electron chi connectivity index (χ0n) is 23.7. The van der Waals surface area contributed by atoms with Crippen LogP contribution in [0.15, 0.2) is 48.5 Å². The summed E-state index contributed by atoms with van der Waals surface area (Å²) in [4.78, 5) is 54.4. The van der Waals surface area contributed by atoms with Gasteiger partial charge in [-0.1, -0.05) is 34.7 Å². The van der Waals surface area contributed by atoms with Crippen molar-refractivity contribution in [3.8, 4) is 0 Å². The van der Waals surface area contributed by atoms with Crippen LogP contribution in [0.4, 0.5) is 11.4 Å². The van der Waals surface area contributed by atoms with Gasteiger partial charge in [-0.2, -0.15) is 0 Å². The number of anilines is 2. The summed E-state index contributed by atoms with van der Waals surface area (Å²) in [5.41, 5.74) is 2.88. The van der Waals surface area contributed by atoms with E-state index in [1.165, 1.54) is 9.36 Å². The molecule has 1 aliphatic rings. The van der Waals surface area contributed by atoms with Gasteiger partial charge < -0.3 is 20.4 Å². The molecule has 0 unspecified atom stereocenters. The van der Waals surface area contributed by atoms with Crippen molar-refractivity contribution in [1.29, 1.82) is 0 Å². The molecule has 0 bridgehead atoms. The molecule has 0 atom stereocenters. The van der Waals surface area contributed by atoms with Gasteiger partial charge in [0.15, 0.2) is 11.4 Å². The van der Waals surface area contributed by atoms with Crippen molar-refractivity contribution < 1.29 is 19.2 Å². The number of hydrogen-bond acceptors (Lipinski definition) is 10. The van der Waals surface area contributed by atoms with E-state index >= 15 is 0 Å². The Labute approximate surface area is 241 Å². The van der Waals surface area contributed by atoms with E-state index in [0.717, 1.165) is 11.1 Å². The van der Waals surface area contributed by atoms with Crippen molar-refractivity contribution >= 4 is 34.8 Å². The predicted octanol–water partition coefficient (Wildman–Crippen LogP) is 0.742. The third-order valence-corrected chi connectivity index (χ3v) is 6.39. The highest BCUT2D eigenvalue weighted by molar-refractivity contribution is 6.25. The Kier molecular flexibility index (Phi) is 7.99. The first kappa shape index (κ1) is 28.4. The van der Waals surface area contributed by atoms with Gasteiger partial charge in [-0.05, 0) is 63.6 Å². The van der Waals surface area contributed by atoms with Gasteiger partial charge in [-0.25, -0.2) is 9.36 Å². The second-order valence-electron chi connectivity index (χ2n) is 10.5. The molecular formula is C28H30N10O4. The molecule has 42 heavy (non-hydrogen) atoms. The number of ketones is 2. The zero-order chi connectivity index (χ0) is 30.0. The lowest BCUT2D eigenvalue weighted by atomic mass is 9.98. The Morgan fingerprint density at radius 2 is 1.00 bits per heavy atom.